The van der Waals surface area contributed by atoms with Crippen LogP contribution in [-0.2, 0) is 0 Å². The van der Waals surface area contributed by atoms with Crippen LogP contribution in [0.15, 0.2) is 81.0 Å². The predicted molar refractivity (Wildman–Crippen MR) is 139 cm³/mol. The van der Waals surface area contributed by atoms with Crippen molar-refractivity contribution < 1.29 is 4.79 Å². The zero-order chi connectivity index (χ0) is 23.3. The molecule has 3 heterocycles. The molecule has 1 amide bonds. The number of H-pyrrole nitrogens is 1. The Morgan fingerprint density at radius 1 is 1.09 bits per heavy atom. The number of carbonyl (C=O) groups is 1. The third kappa shape index (κ3) is 5.04. The number of benzene rings is 2. The lowest BCUT2D eigenvalue weighted by Gasteiger charge is -2.08. The predicted octanol–water partition coefficient (Wildman–Crippen LogP) is 6.11. The molecule has 0 aliphatic carbocycles. The van der Waals surface area contributed by atoms with Crippen LogP contribution in [0.4, 0.5) is 5.95 Å². The van der Waals surface area contributed by atoms with Gasteiger partial charge in [0.1, 0.15) is 0 Å². The maximum atomic E-state index is 12.9. The molecule has 7 nitrogen and oxygen atoms in total. The van der Waals surface area contributed by atoms with Crippen LogP contribution in [0.2, 0.25) is 0 Å². The summed E-state index contributed by atoms with van der Waals surface area (Å²) in [4.78, 5) is 23.3. The van der Waals surface area contributed by atoms with Gasteiger partial charge in [-0.15, -0.1) is 0 Å². The van der Waals surface area contributed by atoms with Gasteiger partial charge in [-0.1, -0.05) is 41.7 Å². The Hall–Kier alpha value is -3.47. The molecular formula is C24H18N6OS3. The number of hydrogen-bond acceptors (Lipinski definition) is 8. The first-order valence-electron chi connectivity index (χ1n) is 10.2. The van der Waals surface area contributed by atoms with E-state index in [9.17, 15) is 4.79 Å². The van der Waals surface area contributed by atoms with Gasteiger partial charge in [-0.2, -0.15) is 14.5 Å². The van der Waals surface area contributed by atoms with Crippen molar-refractivity contribution in [1.82, 2.24) is 24.5 Å². The smallest absolute Gasteiger partial charge is 0.259 e. The van der Waals surface area contributed by atoms with E-state index >= 15 is 0 Å². The van der Waals surface area contributed by atoms with E-state index in [1.54, 1.807) is 12.3 Å². The van der Waals surface area contributed by atoms with Gasteiger partial charge >= 0.3 is 0 Å². The van der Waals surface area contributed by atoms with Crippen LogP contribution in [0.1, 0.15) is 21.7 Å². The topological polar surface area (TPSA) is 96.5 Å². The average molecular weight is 503 g/mol. The molecule has 0 saturated heterocycles. The van der Waals surface area contributed by atoms with Gasteiger partial charge < -0.3 is 0 Å². The summed E-state index contributed by atoms with van der Waals surface area (Å²) in [6.07, 6.45) is 7.57. The number of aromatic amines is 1. The van der Waals surface area contributed by atoms with Crippen molar-refractivity contribution in [2.75, 3.05) is 11.6 Å². The van der Waals surface area contributed by atoms with Crippen LogP contribution in [0.3, 0.4) is 0 Å². The number of nitrogens with zero attached hydrogens (tertiary/aromatic N) is 4. The van der Waals surface area contributed by atoms with Crippen LogP contribution in [0, 0.1) is 0 Å². The zero-order valence-corrected chi connectivity index (χ0v) is 20.4. The summed E-state index contributed by atoms with van der Waals surface area (Å²) in [5.41, 5.74) is 3.20. The summed E-state index contributed by atoms with van der Waals surface area (Å²) in [7, 11) is 0. The lowest BCUT2D eigenvalue weighted by molar-refractivity contribution is 0.102. The van der Waals surface area contributed by atoms with E-state index in [-0.39, 0.29) is 5.91 Å². The van der Waals surface area contributed by atoms with Crippen molar-refractivity contribution in [3.63, 3.8) is 0 Å². The molecule has 0 radical (unpaired) electrons. The zero-order valence-electron chi connectivity index (χ0n) is 17.9. The minimum absolute atomic E-state index is 0.238. The third-order valence-corrected chi connectivity index (χ3v) is 7.57. The summed E-state index contributed by atoms with van der Waals surface area (Å²) in [6, 6.07) is 19.4. The molecule has 168 valence electrons. The van der Waals surface area contributed by atoms with E-state index in [1.807, 2.05) is 73.0 Å². The summed E-state index contributed by atoms with van der Waals surface area (Å²) in [5.74, 6) is 0.0856. The first-order chi connectivity index (χ1) is 16.7. The second-order valence-corrected chi connectivity index (χ2v) is 9.97. The first-order valence-corrected chi connectivity index (χ1v) is 13.0. The summed E-state index contributed by atoms with van der Waals surface area (Å²) in [5, 5.41) is 11.3. The normalized spacial score (nSPS) is 11.3. The molecular weight excluding hydrogens is 485 g/mol. The molecule has 3 aromatic heterocycles. The van der Waals surface area contributed by atoms with Gasteiger partial charge in [-0.3, -0.25) is 20.2 Å². The molecule has 0 spiro atoms. The highest BCUT2D eigenvalue weighted by Gasteiger charge is 2.15. The lowest BCUT2D eigenvalue weighted by Crippen LogP contribution is -2.13. The first kappa shape index (κ1) is 22.3. The van der Waals surface area contributed by atoms with Crippen molar-refractivity contribution in [3.8, 4) is 0 Å². The second-order valence-electron chi connectivity index (χ2n) is 7.04. The molecule has 0 bridgehead atoms. The van der Waals surface area contributed by atoms with Crippen molar-refractivity contribution in [2.24, 2.45) is 0 Å². The number of amides is 1. The molecule has 10 heteroatoms. The number of thioether (sulfide) groups is 1. The van der Waals surface area contributed by atoms with E-state index in [1.165, 1.54) is 35.1 Å². The van der Waals surface area contributed by atoms with Crippen molar-refractivity contribution in [2.45, 2.75) is 14.1 Å². The molecule has 5 rings (SSSR count). The molecule has 34 heavy (non-hydrogen) atoms. The highest BCUT2D eigenvalue weighted by atomic mass is 32.2. The maximum absolute atomic E-state index is 12.9. The van der Waals surface area contributed by atoms with Crippen LogP contribution in [0.5, 0.6) is 0 Å². The Labute approximate surface area is 208 Å². The number of fused-ring (bicyclic) bond motifs is 1. The monoisotopic (exact) mass is 502 g/mol. The van der Waals surface area contributed by atoms with Gasteiger partial charge in [0.05, 0.1) is 22.5 Å². The fraction of sp³-hybridized carbons (Fsp3) is 0.0417. The van der Waals surface area contributed by atoms with Gasteiger partial charge in [0, 0.05) is 21.4 Å². The van der Waals surface area contributed by atoms with E-state index < -0.39 is 0 Å². The summed E-state index contributed by atoms with van der Waals surface area (Å²) < 4.78 is 4.99. The number of anilines is 1. The Morgan fingerprint density at radius 2 is 1.97 bits per heavy atom. The molecule has 0 aliphatic rings. The Balaban J connectivity index is 1.35. The van der Waals surface area contributed by atoms with Gasteiger partial charge in [0.15, 0.2) is 4.34 Å². The van der Waals surface area contributed by atoms with Crippen LogP contribution in [0.25, 0.3) is 23.1 Å². The van der Waals surface area contributed by atoms with E-state index in [0.717, 1.165) is 36.4 Å². The Bertz CT molecular complexity index is 1480. The van der Waals surface area contributed by atoms with Gasteiger partial charge in [0.2, 0.25) is 5.95 Å². The number of pyridine rings is 1. The highest BCUT2D eigenvalue weighted by molar-refractivity contribution is 8.00. The number of aromatic nitrogens is 5. The summed E-state index contributed by atoms with van der Waals surface area (Å²) in [6.45, 7) is 0. The van der Waals surface area contributed by atoms with Crippen LogP contribution in [-0.4, -0.2) is 36.7 Å². The molecule has 0 saturated carbocycles. The van der Waals surface area contributed by atoms with Gasteiger partial charge in [-0.25, -0.2) is 0 Å². The molecule has 0 atom stereocenters. The van der Waals surface area contributed by atoms with Crippen LogP contribution < -0.4 is 5.32 Å². The lowest BCUT2D eigenvalue weighted by atomic mass is 10.2. The van der Waals surface area contributed by atoms with Crippen molar-refractivity contribution in [3.05, 3.63) is 83.8 Å². The van der Waals surface area contributed by atoms with Crippen molar-refractivity contribution in [1.29, 1.82) is 0 Å². The summed E-state index contributed by atoms with van der Waals surface area (Å²) >= 11 is 4.28. The molecule has 0 fully saturated rings. The minimum Gasteiger partial charge on any atom is -0.290 e. The minimum atomic E-state index is -0.238. The van der Waals surface area contributed by atoms with Crippen LogP contribution >= 0.6 is 35.1 Å². The third-order valence-electron chi connectivity index (χ3n) is 4.83. The van der Waals surface area contributed by atoms with Gasteiger partial charge in [0.25, 0.3) is 5.91 Å². The Kier molecular flexibility index (Phi) is 6.70. The fourth-order valence-electron chi connectivity index (χ4n) is 3.23. The SMILES string of the molecule is CSc1nc(NC(=O)c2ccccc2Sc2ccc3c(/C=C/c4ccccn4)n[nH]c3c2)ns1. The second kappa shape index (κ2) is 10.2. The number of hydrogen-bond donors (Lipinski definition) is 2. The standard InChI is InChI=1S/C24H18N6OS3/c1-32-24-27-23(30-34-24)26-22(31)18-7-2-3-8-21(18)33-16-10-11-17-19(28-29-20(17)14-16)12-9-15-6-4-5-13-25-15/h2-14H,1H3,(H,28,29)(H,26,30,31)/b12-9+. The number of rotatable bonds is 7. The molecule has 0 unspecified atom stereocenters. The Morgan fingerprint density at radius 3 is 2.79 bits per heavy atom. The average Bonchev–Trinajstić information content (AvgIpc) is 3.50. The fourth-order valence-corrected chi connectivity index (χ4v) is 5.18. The molecule has 0 aliphatic heterocycles. The number of nitrogens with one attached hydrogen (secondary N) is 2. The molecule has 5 aromatic rings. The van der Waals surface area contributed by atoms with E-state index in [4.69, 9.17) is 0 Å². The molecule has 2 aromatic carbocycles. The highest BCUT2D eigenvalue weighted by Crippen LogP contribution is 2.33. The number of carbonyl (C=O) groups excluding carboxylic acids is 1. The van der Waals surface area contributed by atoms with E-state index in [2.05, 4.69) is 29.9 Å². The largest absolute Gasteiger partial charge is 0.290 e. The van der Waals surface area contributed by atoms with Gasteiger partial charge in [-0.05, 0) is 72.4 Å². The quantitative estimate of drug-likeness (QED) is 0.259. The maximum Gasteiger partial charge on any atom is 0.259 e. The molecule has 2 N–H and O–H groups in total. The van der Waals surface area contributed by atoms with E-state index in [0.29, 0.717) is 11.5 Å². The van der Waals surface area contributed by atoms with Crippen molar-refractivity contribution >= 4 is 70.0 Å².